The molecule has 3 rings (SSSR count). The molecule has 2 aromatic rings. The monoisotopic (exact) mass is 496 g/mol. The third kappa shape index (κ3) is 6.88. The van der Waals surface area contributed by atoms with E-state index in [2.05, 4.69) is 25.5 Å². The van der Waals surface area contributed by atoms with Gasteiger partial charge in [-0.05, 0) is 31.5 Å². The number of anilines is 2. The highest BCUT2D eigenvalue weighted by Gasteiger charge is 2.28. The summed E-state index contributed by atoms with van der Waals surface area (Å²) in [6.07, 6.45) is 0.884. The number of amides is 3. The molecule has 172 valence electrons. The number of carbonyl (C=O) groups is 2. The van der Waals surface area contributed by atoms with Crippen LogP contribution in [0.4, 0.5) is 16.3 Å². The van der Waals surface area contributed by atoms with Gasteiger partial charge in [0.25, 0.3) is 0 Å². The van der Waals surface area contributed by atoms with Crippen molar-refractivity contribution < 1.29 is 9.59 Å². The first kappa shape index (κ1) is 24.4. The van der Waals surface area contributed by atoms with Crippen LogP contribution < -0.4 is 15.5 Å². The maximum absolute atomic E-state index is 12.7. The van der Waals surface area contributed by atoms with Crippen LogP contribution in [0.1, 0.15) is 20.3 Å². The van der Waals surface area contributed by atoms with Gasteiger partial charge in [-0.1, -0.05) is 48.0 Å². The Kier molecular flexibility index (Phi) is 8.84. The van der Waals surface area contributed by atoms with Crippen LogP contribution >= 0.6 is 35.0 Å². The Morgan fingerprint density at radius 1 is 1.22 bits per heavy atom. The summed E-state index contributed by atoms with van der Waals surface area (Å²) in [4.78, 5) is 37.2. The molecule has 2 heterocycles. The Hall–Kier alpha value is -2.23. The van der Waals surface area contributed by atoms with Gasteiger partial charge in [-0.2, -0.15) is 0 Å². The first-order valence-electron chi connectivity index (χ1n) is 10.4. The van der Waals surface area contributed by atoms with E-state index in [1.54, 1.807) is 35.2 Å². The second-order valence-electron chi connectivity index (χ2n) is 7.40. The average Bonchev–Trinajstić information content (AvgIpc) is 2.75. The van der Waals surface area contributed by atoms with Crippen molar-refractivity contribution in [1.29, 1.82) is 0 Å². The van der Waals surface area contributed by atoms with E-state index in [-0.39, 0.29) is 23.7 Å². The van der Waals surface area contributed by atoms with Crippen molar-refractivity contribution >= 4 is 58.4 Å². The van der Waals surface area contributed by atoms with E-state index in [0.717, 1.165) is 6.42 Å². The van der Waals surface area contributed by atoms with Crippen LogP contribution in [0.2, 0.25) is 10.2 Å². The zero-order chi connectivity index (χ0) is 23.1. The fraction of sp³-hybridized carbons (Fsp3) is 0.429. The number of piperazine rings is 1. The molecule has 8 nitrogen and oxygen atoms in total. The Balaban J connectivity index is 1.60. The Morgan fingerprint density at radius 3 is 2.75 bits per heavy atom. The quantitative estimate of drug-likeness (QED) is 0.340. The van der Waals surface area contributed by atoms with Crippen LogP contribution in [-0.4, -0.2) is 64.8 Å². The van der Waals surface area contributed by atoms with Gasteiger partial charge in [0.2, 0.25) is 5.91 Å². The maximum atomic E-state index is 12.7. The highest BCUT2D eigenvalue weighted by molar-refractivity contribution is 7.99. The van der Waals surface area contributed by atoms with E-state index in [9.17, 15) is 9.59 Å². The number of thioether (sulfide) groups is 1. The van der Waals surface area contributed by atoms with Crippen LogP contribution in [0.5, 0.6) is 0 Å². The summed E-state index contributed by atoms with van der Waals surface area (Å²) >= 11 is 13.5. The smallest absolute Gasteiger partial charge is 0.322 e. The summed E-state index contributed by atoms with van der Waals surface area (Å²) < 4.78 is 0. The molecule has 0 spiro atoms. The molecular formula is C21H26Cl2N6O2S. The fourth-order valence-electron chi connectivity index (χ4n) is 3.29. The van der Waals surface area contributed by atoms with Gasteiger partial charge in [0.05, 0.1) is 5.75 Å². The molecule has 0 saturated carbocycles. The Labute approximate surface area is 202 Å². The van der Waals surface area contributed by atoms with E-state index < -0.39 is 0 Å². The first-order chi connectivity index (χ1) is 15.4. The van der Waals surface area contributed by atoms with Gasteiger partial charge < -0.3 is 20.4 Å². The third-order valence-corrected chi connectivity index (χ3v) is 6.13. The SMILES string of the molecule is CCCNC(=O)CSc1nc(Cl)cc(N2CCN(C(=O)Nc3cccc(Cl)c3)C(C)C2)n1. The van der Waals surface area contributed by atoms with Crippen molar-refractivity contribution in [2.45, 2.75) is 31.5 Å². The van der Waals surface area contributed by atoms with Gasteiger partial charge in [0.15, 0.2) is 5.16 Å². The summed E-state index contributed by atoms with van der Waals surface area (Å²) in [5.74, 6) is 0.853. The fourth-order valence-corrected chi connectivity index (χ4v) is 4.39. The van der Waals surface area contributed by atoms with E-state index in [1.165, 1.54) is 11.8 Å². The number of halogens is 2. The molecule has 32 heavy (non-hydrogen) atoms. The van der Waals surface area contributed by atoms with E-state index in [1.807, 2.05) is 13.8 Å². The lowest BCUT2D eigenvalue weighted by atomic mass is 10.2. The maximum Gasteiger partial charge on any atom is 0.322 e. The van der Waals surface area contributed by atoms with E-state index in [4.69, 9.17) is 23.2 Å². The predicted molar refractivity (Wildman–Crippen MR) is 130 cm³/mol. The zero-order valence-electron chi connectivity index (χ0n) is 18.0. The molecule has 1 aliphatic rings. The van der Waals surface area contributed by atoms with Crippen LogP contribution in [0.15, 0.2) is 35.5 Å². The second-order valence-corrected chi connectivity index (χ2v) is 9.17. The molecule has 0 aliphatic carbocycles. The molecule has 1 unspecified atom stereocenters. The topological polar surface area (TPSA) is 90.5 Å². The summed E-state index contributed by atoms with van der Waals surface area (Å²) in [6.45, 7) is 6.35. The van der Waals surface area contributed by atoms with Crippen LogP contribution in [0.25, 0.3) is 0 Å². The molecule has 1 atom stereocenters. The Morgan fingerprint density at radius 2 is 2.03 bits per heavy atom. The van der Waals surface area contributed by atoms with Crippen molar-refractivity contribution in [2.24, 2.45) is 0 Å². The molecular weight excluding hydrogens is 471 g/mol. The standard InChI is InChI=1S/C21H26Cl2N6O2S/c1-3-7-24-19(30)13-32-20-26-17(23)11-18(27-20)28-8-9-29(14(2)12-28)21(31)25-16-6-4-5-15(22)10-16/h4-6,10-11,14H,3,7-9,12-13H2,1-2H3,(H,24,30)(H,25,31). The summed E-state index contributed by atoms with van der Waals surface area (Å²) in [5.41, 5.74) is 0.657. The number of hydrogen-bond donors (Lipinski definition) is 2. The molecule has 1 aliphatic heterocycles. The highest BCUT2D eigenvalue weighted by Crippen LogP contribution is 2.24. The van der Waals surface area contributed by atoms with Gasteiger partial charge in [-0.15, -0.1) is 0 Å². The molecule has 1 aromatic carbocycles. The van der Waals surface area contributed by atoms with Crippen molar-refractivity contribution in [3.05, 3.63) is 40.5 Å². The second kappa shape index (κ2) is 11.6. The third-order valence-electron chi connectivity index (χ3n) is 4.85. The largest absolute Gasteiger partial charge is 0.355 e. The molecule has 2 N–H and O–H groups in total. The van der Waals surface area contributed by atoms with Crippen LogP contribution in [0.3, 0.4) is 0 Å². The number of aromatic nitrogens is 2. The predicted octanol–water partition coefficient (Wildman–Crippen LogP) is 4.14. The highest BCUT2D eigenvalue weighted by atomic mass is 35.5. The van der Waals surface area contributed by atoms with Gasteiger partial charge in [0, 0.05) is 49.0 Å². The molecule has 1 aromatic heterocycles. The minimum Gasteiger partial charge on any atom is -0.355 e. The lowest BCUT2D eigenvalue weighted by Crippen LogP contribution is -2.55. The Bertz CT molecular complexity index is 964. The minimum atomic E-state index is -0.172. The molecule has 11 heteroatoms. The summed E-state index contributed by atoms with van der Waals surface area (Å²) in [5, 5.41) is 7.06. The van der Waals surface area contributed by atoms with Crippen molar-refractivity contribution in [2.75, 3.05) is 42.1 Å². The van der Waals surface area contributed by atoms with Gasteiger partial charge in [0.1, 0.15) is 11.0 Å². The molecule has 1 fully saturated rings. The summed E-state index contributed by atoms with van der Waals surface area (Å²) in [6, 6.07) is 8.55. The molecule has 1 saturated heterocycles. The molecule has 3 amide bonds. The van der Waals surface area contributed by atoms with Gasteiger partial charge >= 0.3 is 6.03 Å². The van der Waals surface area contributed by atoms with Gasteiger partial charge in [-0.3, -0.25) is 4.79 Å². The molecule has 0 bridgehead atoms. The van der Waals surface area contributed by atoms with E-state index in [0.29, 0.717) is 53.0 Å². The number of carbonyl (C=O) groups excluding carboxylic acids is 2. The van der Waals surface area contributed by atoms with Crippen LogP contribution in [0, 0.1) is 0 Å². The van der Waals surface area contributed by atoms with Crippen LogP contribution in [-0.2, 0) is 4.79 Å². The normalized spacial score (nSPS) is 16.1. The minimum absolute atomic E-state index is 0.0485. The lowest BCUT2D eigenvalue weighted by Gasteiger charge is -2.40. The van der Waals surface area contributed by atoms with Gasteiger partial charge in [-0.25, -0.2) is 14.8 Å². The number of nitrogens with one attached hydrogen (secondary N) is 2. The van der Waals surface area contributed by atoms with Crippen molar-refractivity contribution in [3.63, 3.8) is 0 Å². The average molecular weight is 497 g/mol. The number of rotatable bonds is 7. The summed E-state index contributed by atoms with van der Waals surface area (Å²) in [7, 11) is 0. The first-order valence-corrected chi connectivity index (χ1v) is 12.1. The number of urea groups is 1. The number of hydrogen-bond acceptors (Lipinski definition) is 6. The number of nitrogens with zero attached hydrogens (tertiary/aromatic N) is 4. The number of benzene rings is 1. The zero-order valence-corrected chi connectivity index (χ0v) is 20.3. The molecule has 0 radical (unpaired) electrons. The lowest BCUT2D eigenvalue weighted by molar-refractivity contribution is -0.118. The van der Waals surface area contributed by atoms with Crippen molar-refractivity contribution in [3.8, 4) is 0 Å². The van der Waals surface area contributed by atoms with Crippen molar-refractivity contribution in [1.82, 2.24) is 20.2 Å². The van der Waals surface area contributed by atoms with E-state index >= 15 is 0 Å².